The van der Waals surface area contributed by atoms with Crippen LogP contribution < -0.4 is 5.56 Å². The Morgan fingerprint density at radius 2 is 1.96 bits per heavy atom. The summed E-state index contributed by atoms with van der Waals surface area (Å²) < 4.78 is 1.78. The molecule has 0 fully saturated rings. The molecule has 0 saturated heterocycles. The van der Waals surface area contributed by atoms with Crippen molar-refractivity contribution in [2.75, 3.05) is 0 Å². The normalized spacial score (nSPS) is 11.4. The highest BCUT2D eigenvalue weighted by Gasteiger charge is 2.13. The van der Waals surface area contributed by atoms with Gasteiger partial charge < -0.3 is 0 Å². The van der Waals surface area contributed by atoms with Gasteiger partial charge in [0, 0.05) is 17.3 Å². The van der Waals surface area contributed by atoms with Gasteiger partial charge >= 0.3 is 0 Å². The van der Waals surface area contributed by atoms with Crippen molar-refractivity contribution < 1.29 is 0 Å². The molecule has 25 heavy (non-hydrogen) atoms. The first-order valence-electron chi connectivity index (χ1n) is 8.33. The van der Waals surface area contributed by atoms with Crippen molar-refractivity contribution in [3.63, 3.8) is 0 Å². The number of benzene rings is 2. The molecule has 0 N–H and O–H groups in total. The average molecular weight is 373 g/mol. The molecule has 0 amide bonds. The van der Waals surface area contributed by atoms with E-state index in [4.69, 9.17) is 16.6 Å². The summed E-state index contributed by atoms with van der Waals surface area (Å²) >= 11 is 7.67. The summed E-state index contributed by atoms with van der Waals surface area (Å²) in [5.41, 5.74) is 3.18. The lowest BCUT2D eigenvalue weighted by molar-refractivity contribution is 0.475. The molecule has 0 unspecified atom stereocenters. The predicted octanol–water partition coefficient (Wildman–Crippen LogP) is 5.31. The van der Waals surface area contributed by atoms with E-state index in [0.29, 0.717) is 28.4 Å². The number of nitrogens with zero attached hydrogens (tertiary/aromatic N) is 2. The van der Waals surface area contributed by atoms with E-state index < -0.39 is 0 Å². The van der Waals surface area contributed by atoms with Crippen LogP contribution in [0, 0.1) is 12.8 Å². The zero-order chi connectivity index (χ0) is 18.0. The fraction of sp³-hybridized carbons (Fsp3) is 0.300. The predicted molar refractivity (Wildman–Crippen MR) is 107 cm³/mol. The zero-order valence-electron chi connectivity index (χ0n) is 14.6. The molecule has 3 aromatic rings. The molecule has 0 saturated carbocycles. The number of thioether (sulfide) groups is 1. The molecule has 130 valence electrons. The lowest BCUT2D eigenvalue weighted by Gasteiger charge is -2.15. The highest BCUT2D eigenvalue weighted by molar-refractivity contribution is 7.98. The Balaban J connectivity index is 2.04. The maximum atomic E-state index is 13.0. The van der Waals surface area contributed by atoms with Crippen LogP contribution in [0.2, 0.25) is 5.02 Å². The van der Waals surface area contributed by atoms with Gasteiger partial charge in [0.1, 0.15) is 0 Å². The van der Waals surface area contributed by atoms with E-state index in [9.17, 15) is 4.79 Å². The van der Waals surface area contributed by atoms with Gasteiger partial charge in [0.25, 0.3) is 5.56 Å². The lowest BCUT2D eigenvalue weighted by Crippen LogP contribution is -2.25. The number of hydrogen-bond donors (Lipinski definition) is 0. The van der Waals surface area contributed by atoms with Crippen LogP contribution in [0.15, 0.2) is 52.4 Å². The second-order valence-corrected chi connectivity index (χ2v) is 7.96. The number of aryl methyl sites for hydroxylation is 1. The molecule has 0 spiro atoms. The van der Waals surface area contributed by atoms with Crippen molar-refractivity contribution in [1.82, 2.24) is 9.55 Å². The van der Waals surface area contributed by atoms with E-state index in [-0.39, 0.29) is 5.56 Å². The van der Waals surface area contributed by atoms with Crippen LogP contribution in [0.1, 0.15) is 25.0 Å². The molecular formula is C20H21ClN2OS. The van der Waals surface area contributed by atoms with Crippen molar-refractivity contribution in [3.05, 3.63) is 69.0 Å². The molecule has 0 radical (unpaired) electrons. The number of aromatic nitrogens is 2. The van der Waals surface area contributed by atoms with Crippen molar-refractivity contribution in [2.45, 2.75) is 38.2 Å². The molecule has 0 aliphatic rings. The van der Waals surface area contributed by atoms with Gasteiger partial charge in [0.15, 0.2) is 5.16 Å². The van der Waals surface area contributed by atoms with Crippen molar-refractivity contribution >= 4 is 34.3 Å². The Morgan fingerprint density at radius 1 is 1.20 bits per heavy atom. The third-order valence-corrected chi connectivity index (χ3v) is 5.31. The van der Waals surface area contributed by atoms with Gasteiger partial charge in [0.05, 0.1) is 10.9 Å². The Kier molecular flexibility index (Phi) is 5.50. The third kappa shape index (κ3) is 4.07. The van der Waals surface area contributed by atoms with Crippen LogP contribution in [0.3, 0.4) is 0 Å². The first-order valence-corrected chi connectivity index (χ1v) is 9.69. The Labute approximate surface area is 157 Å². The first-order chi connectivity index (χ1) is 12.0. The van der Waals surface area contributed by atoms with E-state index in [1.165, 1.54) is 11.1 Å². The standard InChI is InChI=1S/C20H21ClN2OS/c1-13(2)11-23-19(24)17-10-16(21)8-9-18(17)22-20(23)25-12-15-7-5-4-6-14(15)3/h4-10,13H,11-12H2,1-3H3. The average Bonchev–Trinajstić information content (AvgIpc) is 2.57. The summed E-state index contributed by atoms with van der Waals surface area (Å²) in [5.74, 6) is 1.14. The largest absolute Gasteiger partial charge is 0.287 e. The summed E-state index contributed by atoms with van der Waals surface area (Å²) in [4.78, 5) is 17.7. The number of hydrogen-bond acceptors (Lipinski definition) is 3. The fourth-order valence-corrected chi connectivity index (χ4v) is 3.98. The van der Waals surface area contributed by atoms with Crippen LogP contribution in [0.4, 0.5) is 0 Å². The second-order valence-electron chi connectivity index (χ2n) is 6.58. The SMILES string of the molecule is Cc1ccccc1CSc1nc2ccc(Cl)cc2c(=O)n1CC(C)C. The molecule has 5 heteroatoms. The van der Waals surface area contributed by atoms with E-state index in [1.54, 1.807) is 28.5 Å². The minimum absolute atomic E-state index is 0.0199. The summed E-state index contributed by atoms with van der Waals surface area (Å²) in [6.45, 7) is 6.95. The van der Waals surface area contributed by atoms with Gasteiger partial charge in [-0.05, 0) is 42.2 Å². The Bertz CT molecular complexity index is 966. The molecule has 2 aromatic carbocycles. The molecular weight excluding hydrogens is 352 g/mol. The monoisotopic (exact) mass is 372 g/mol. The Hall–Kier alpha value is -1.78. The number of halogens is 1. The molecule has 0 bridgehead atoms. The molecule has 3 nitrogen and oxygen atoms in total. The van der Waals surface area contributed by atoms with Gasteiger partial charge in [-0.1, -0.05) is 61.5 Å². The lowest BCUT2D eigenvalue weighted by atomic mass is 10.1. The maximum Gasteiger partial charge on any atom is 0.262 e. The smallest absolute Gasteiger partial charge is 0.262 e. The highest BCUT2D eigenvalue weighted by Crippen LogP contribution is 2.25. The van der Waals surface area contributed by atoms with Crippen LogP contribution in [0.25, 0.3) is 10.9 Å². The van der Waals surface area contributed by atoms with Crippen LogP contribution in [-0.4, -0.2) is 9.55 Å². The van der Waals surface area contributed by atoms with Gasteiger partial charge in [0.2, 0.25) is 0 Å². The molecule has 1 heterocycles. The van der Waals surface area contributed by atoms with Crippen molar-refractivity contribution in [2.24, 2.45) is 5.92 Å². The quantitative estimate of drug-likeness (QED) is 0.450. The van der Waals surface area contributed by atoms with Crippen molar-refractivity contribution in [1.29, 1.82) is 0 Å². The van der Waals surface area contributed by atoms with E-state index >= 15 is 0 Å². The maximum absolute atomic E-state index is 13.0. The topological polar surface area (TPSA) is 34.9 Å². The molecule has 0 aliphatic heterocycles. The van der Waals surface area contributed by atoms with Gasteiger partial charge in [-0.15, -0.1) is 0 Å². The number of fused-ring (bicyclic) bond motifs is 1. The summed E-state index contributed by atoms with van der Waals surface area (Å²) in [7, 11) is 0. The van der Waals surface area contributed by atoms with Crippen LogP contribution in [0.5, 0.6) is 0 Å². The van der Waals surface area contributed by atoms with E-state index in [1.807, 2.05) is 18.2 Å². The summed E-state index contributed by atoms with van der Waals surface area (Å²) in [6, 6.07) is 13.6. The second kappa shape index (κ2) is 7.63. The zero-order valence-corrected chi connectivity index (χ0v) is 16.2. The van der Waals surface area contributed by atoms with Crippen molar-refractivity contribution in [3.8, 4) is 0 Å². The van der Waals surface area contributed by atoms with Gasteiger partial charge in [-0.3, -0.25) is 9.36 Å². The third-order valence-electron chi connectivity index (χ3n) is 4.05. The molecule has 0 aliphatic carbocycles. The minimum Gasteiger partial charge on any atom is -0.287 e. The first kappa shape index (κ1) is 18.0. The highest BCUT2D eigenvalue weighted by atomic mass is 35.5. The molecule has 1 aromatic heterocycles. The fourth-order valence-electron chi connectivity index (χ4n) is 2.72. The van der Waals surface area contributed by atoms with Crippen LogP contribution >= 0.6 is 23.4 Å². The number of rotatable bonds is 5. The molecule has 3 rings (SSSR count). The Morgan fingerprint density at radius 3 is 2.68 bits per heavy atom. The summed E-state index contributed by atoms with van der Waals surface area (Å²) in [5, 5.41) is 1.90. The van der Waals surface area contributed by atoms with Gasteiger partial charge in [-0.2, -0.15) is 0 Å². The summed E-state index contributed by atoms with van der Waals surface area (Å²) in [6.07, 6.45) is 0. The van der Waals surface area contributed by atoms with E-state index in [0.717, 1.165) is 10.9 Å². The van der Waals surface area contributed by atoms with Gasteiger partial charge in [-0.25, -0.2) is 4.98 Å². The van der Waals surface area contributed by atoms with Crippen LogP contribution in [-0.2, 0) is 12.3 Å². The molecule has 0 atom stereocenters. The minimum atomic E-state index is -0.0199. The van der Waals surface area contributed by atoms with E-state index in [2.05, 4.69) is 32.9 Å².